The largest absolute Gasteiger partial charge is 0.463 e. The Morgan fingerprint density at radius 3 is 2.40 bits per heavy atom. The summed E-state index contributed by atoms with van der Waals surface area (Å²) in [6, 6.07) is 0. The minimum atomic E-state index is -0.0382. The summed E-state index contributed by atoms with van der Waals surface area (Å²) in [5.41, 5.74) is 0. The van der Waals surface area contributed by atoms with Gasteiger partial charge in [-0.15, -0.1) is 0 Å². The summed E-state index contributed by atoms with van der Waals surface area (Å²) in [7, 11) is 0. The van der Waals surface area contributed by atoms with Crippen molar-refractivity contribution in [3.63, 3.8) is 0 Å². The van der Waals surface area contributed by atoms with Crippen LogP contribution in [0.3, 0.4) is 0 Å². The number of ether oxygens (including phenoxy) is 1. The molecule has 0 radical (unpaired) electrons. The second kappa shape index (κ2) is 5.27. The molecule has 1 saturated heterocycles. The highest BCUT2D eigenvalue weighted by Gasteiger charge is 2.14. The first-order valence-corrected chi connectivity index (χ1v) is 3.98. The molecule has 0 aromatic rings. The highest BCUT2D eigenvalue weighted by Crippen LogP contribution is 2.12. The summed E-state index contributed by atoms with van der Waals surface area (Å²) in [5, 5.41) is 0. The van der Waals surface area contributed by atoms with Crippen molar-refractivity contribution in [3.05, 3.63) is 0 Å². The molecule has 0 aromatic heterocycles. The molecule has 0 aliphatic carbocycles. The van der Waals surface area contributed by atoms with E-state index in [2.05, 4.69) is 0 Å². The predicted octanol–water partition coefficient (Wildman–Crippen LogP) is 2.13. The highest BCUT2D eigenvalue weighted by atomic mass is 16.5. The van der Waals surface area contributed by atoms with Crippen molar-refractivity contribution in [1.29, 1.82) is 0 Å². The van der Waals surface area contributed by atoms with Gasteiger partial charge in [-0.25, -0.2) is 0 Å². The van der Waals surface area contributed by atoms with E-state index >= 15 is 0 Å². The van der Waals surface area contributed by atoms with Crippen LogP contribution < -0.4 is 0 Å². The molecule has 60 valence electrons. The van der Waals surface area contributed by atoms with Crippen molar-refractivity contribution in [2.24, 2.45) is 0 Å². The van der Waals surface area contributed by atoms with E-state index in [0.29, 0.717) is 6.42 Å². The molecule has 1 aliphatic heterocycles. The van der Waals surface area contributed by atoms with Crippen LogP contribution in [0.25, 0.3) is 0 Å². The Hall–Kier alpha value is -0.530. The number of hydrogen-bond acceptors (Lipinski definition) is 2. The van der Waals surface area contributed by atoms with Gasteiger partial charge in [-0.1, -0.05) is 13.8 Å². The molecule has 1 atom stereocenters. The number of rotatable bonds is 0. The summed E-state index contributed by atoms with van der Waals surface area (Å²) in [5.74, 6) is -0.0382. The zero-order valence-corrected chi connectivity index (χ0v) is 7.02. The first-order valence-electron chi connectivity index (χ1n) is 3.98. The molecule has 1 fully saturated rings. The maximum atomic E-state index is 10.5. The topological polar surface area (TPSA) is 26.3 Å². The minimum absolute atomic E-state index is 0.0382. The average molecular weight is 144 g/mol. The van der Waals surface area contributed by atoms with E-state index in [9.17, 15) is 4.79 Å². The molecule has 1 rings (SSSR count). The van der Waals surface area contributed by atoms with Crippen LogP contribution in [-0.2, 0) is 9.53 Å². The van der Waals surface area contributed by atoms with Crippen molar-refractivity contribution in [1.82, 2.24) is 0 Å². The Labute approximate surface area is 62.6 Å². The molecule has 0 amide bonds. The van der Waals surface area contributed by atoms with Gasteiger partial charge in [0, 0.05) is 6.42 Å². The molecule has 0 spiro atoms. The molecule has 0 bridgehead atoms. The Morgan fingerprint density at radius 1 is 1.50 bits per heavy atom. The summed E-state index contributed by atoms with van der Waals surface area (Å²) in [6.07, 6.45) is 2.81. The van der Waals surface area contributed by atoms with Crippen LogP contribution in [-0.4, -0.2) is 12.1 Å². The van der Waals surface area contributed by atoms with Crippen molar-refractivity contribution in [2.75, 3.05) is 0 Å². The smallest absolute Gasteiger partial charge is 0.306 e. The lowest BCUT2D eigenvalue weighted by Gasteiger charge is -2.17. The molecule has 0 saturated carbocycles. The third-order valence-electron chi connectivity index (χ3n) is 1.32. The summed E-state index contributed by atoms with van der Waals surface area (Å²) in [4.78, 5) is 10.5. The van der Waals surface area contributed by atoms with Gasteiger partial charge in [0.05, 0.1) is 6.10 Å². The van der Waals surface area contributed by atoms with E-state index in [-0.39, 0.29) is 12.1 Å². The normalized spacial score (nSPS) is 24.3. The first kappa shape index (κ1) is 9.47. The fraction of sp³-hybridized carbons (Fsp3) is 0.875. The second-order valence-electron chi connectivity index (χ2n) is 2.19. The fourth-order valence-electron chi connectivity index (χ4n) is 0.876. The molecule has 2 heteroatoms. The van der Waals surface area contributed by atoms with E-state index in [1.54, 1.807) is 0 Å². The monoisotopic (exact) mass is 144 g/mol. The van der Waals surface area contributed by atoms with E-state index in [1.165, 1.54) is 0 Å². The van der Waals surface area contributed by atoms with Gasteiger partial charge in [-0.2, -0.15) is 0 Å². The number of carbonyl (C=O) groups is 1. The number of cyclic esters (lactones) is 1. The van der Waals surface area contributed by atoms with Gasteiger partial charge in [0.1, 0.15) is 0 Å². The van der Waals surface area contributed by atoms with Crippen molar-refractivity contribution in [3.8, 4) is 0 Å². The third kappa shape index (κ3) is 3.49. The SMILES string of the molecule is CC.C[C@H]1CCCC(=O)O1. The molecule has 10 heavy (non-hydrogen) atoms. The molecule has 0 aromatic carbocycles. The van der Waals surface area contributed by atoms with Gasteiger partial charge in [0.25, 0.3) is 0 Å². The van der Waals surface area contributed by atoms with Crippen molar-refractivity contribution in [2.45, 2.75) is 46.1 Å². The van der Waals surface area contributed by atoms with E-state index in [4.69, 9.17) is 4.74 Å². The van der Waals surface area contributed by atoms with Gasteiger partial charge in [0.2, 0.25) is 0 Å². The second-order valence-corrected chi connectivity index (χ2v) is 2.19. The number of esters is 1. The lowest BCUT2D eigenvalue weighted by Crippen LogP contribution is -2.19. The van der Waals surface area contributed by atoms with E-state index in [1.807, 2.05) is 20.8 Å². The Kier molecular flexibility index (Phi) is 4.99. The summed E-state index contributed by atoms with van der Waals surface area (Å²) in [6.45, 7) is 5.93. The summed E-state index contributed by atoms with van der Waals surface area (Å²) >= 11 is 0. The van der Waals surface area contributed by atoms with Gasteiger partial charge in [0.15, 0.2) is 0 Å². The van der Waals surface area contributed by atoms with Crippen LogP contribution >= 0.6 is 0 Å². The first-order chi connectivity index (χ1) is 4.79. The lowest BCUT2D eigenvalue weighted by molar-refractivity contribution is -0.152. The van der Waals surface area contributed by atoms with Gasteiger partial charge < -0.3 is 4.74 Å². The lowest BCUT2D eigenvalue weighted by atomic mass is 10.1. The zero-order chi connectivity index (χ0) is 7.98. The Bertz CT molecular complexity index is 99.4. The quantitative estimate of drug-likeness (QED) is 0.487. The van der Waals surface area contributed by atoms with Crippen LogP contribution in [0, 0.1) is 0 Å². The van der Waals surface area contributed by atoms with Gasteiger partial charge >= 0.3 is 5.97 Å². The molecular formula is C8H16O2. The molecule has 2 nitrogen and oxygen atoms in total. The average Bonchev–Trinajstić information content (AvgIpc) is 1.91. The standard InChI is InChI=1S/C6H10O2.C2H6/c1-5-3-2-4-6(7)8-5;1-2/h5H,2-4H2,1H3;1-2H3/t5-;/m0./s1. The fourth-order valence-corrected chi connectivity index (χ4v) is 0.876. The molecule has 1 heterocycles. The maximum Gasteiger partial charge on any atom is 0.306 e. The van der Waals surface area contributed by atoms with Crippen LogP contribution in [0.15, 0.2) is 0 Å². The minimum Gasteiger partial charge on any atom is -0.463 e. The van der Waals surface area contributed by atoms with Crippen LogP contribution in [0.4, 0.5) is 0 Å². The molecular weight excluding hydrogens is 128 g/mol. The van der Waals surface area contributed by atoms with Crippen LogP contribution in [0.1, 0.15) is 40.0 Å². The molecule has 0 N–H and O–H groups in total. The van der Waals surface area contributed by atoms with Crippen molar-refractivity contribution < 1.29 is 9.53 Å². The molecule has 1 aliphatic rings. The highest BCUT2D eigenvalue weighted by molar-refractivity contribution is 5.70. The van der Waals surface area contributed by atoms with E-state index in [0.717, 1.165) is 12.8 Å². The summed E-state index contributed by atoms with van der Waals surface area (Å²) < 4.78 is 4.85. The van der Waals surface area contributed by atoms with E-state index < -0.39 is 0 Å². The number of hydrogen-bond donors (Lipinski definition) is 0. The van der Waals surface area contributed by atoms with Crippen LogP contribution in [0.5, 0.6) is 0 Å². The van der Waals surface area contributed by atoms with Gasteiger partial charge in [-0.3, -0.25) is 4.79 Å². The predicted molar refractivity (Wildman–Crippen MR) is 40.8 cm³/mol. The Morgan fingerprint density at radius 2 is 2.10 bits per heavy atom. The Balaban J connectivity index is 0.000000371. The van der Waals surface area contributed by atoms with Crippen LogP contribution in [0.2, 0.25) is 0 Å². The van der Waals surface area contributed by atoms with Crippen molar-refractivity contribution >= 4 is 5.97 Å². The maximum absolute atomic E-state index is 10.5. The van der Waals surface area contributed by atoms with Gasteiger partial charge in [-0.05, 0) is 19.8 Å². The third-order valence-corrected chi connectivity index (χ3v) is 1.32. The molecule has 0 unspecified atom stereocenters. The zero-order valence-electron chi connectivity index (χ0n) is 7.02. The number of carbonyl (C=O) groups excluding carboxylic acids is 1.